The number of aromatic nitrogens is 1. The van der Waals surface area contributed by atoms with Crippen LogP contribution in [0.3, 0.4) is 0 Å². The minimum absolute atomic E-state index is 0.0747. The molecule has 0 aliphatic rings. The zero-order chi connectivity index (χ0) is 19.7. The van der Waals surface area contributed by atoms with Gasteiger partial charge in [0.05, 0.1) is 0 Å². The van der Waals surface area contributed by atoms with Crippen molar-refractivity contribution in [2.75, 3.05) is 0 Å². The van der Waals surface area contributed by atoms with Crippen molar-refractivity contribution in [1.29, 1.82) is 0 Å². The normalized spacial score (nSPS) is 15.0. The Bertz CT molecular complexity index is 781. The molecule has 0 unspecified atom stereocenters. The molecule has 22 heavy (non-hydrogen) atoms. The lowest BCUT2D eigenvalue weighted by molar-refractivity contribution is -0.660. The molecule has 0 N–H and O–H groups in total. The average Bonchev–Trinajstić information content (AvgIpc) is 2.59. The fraction of sp³-hybridized carbons (Fsp3) is 0.476. The van der Waals surface area contributed by atoms with Gasteiger partial charge in [-0.05, 0) is 55.6 Å². The van der Waals surface area contributed by atoms with Crippen LogP contribution in [0.4, 0.5) is 0 Å². The summed E-state index contributed by atoms with van der Waals surface area (Å²) in [4.78, 5) is 0. The van der Waals surface area contributed by atoms with E-state index < -0.39 is 6.85 Å². The lowest BCUT2D eigenvalue weighted by Crippen LogP contribution is -2.33. The molecular weight excluding hydrogens is 266 g/mol. The maximum atomic E-state index is 8.44. The van der Waals surface area contributed by atoms with E-state index in [-0.39, 0.29) is 5.41 Å². The quantitative estimate of drug-likeness (QED) is 0.663. The highest BCUT2D eigenvalue weighted by atomic mass is 14.9. The molecule has 1 heterocycles. The third-order valence-corrected chi connectivity index (χ3v) is 5.21. The van der Waals surface area contributed by atoms with Gasteiger partial charge in [-0.3, -0.25) is 0 Å². The molecule has 0 fully saturated rings. The summed E-state index contributed by atoms with van der Waals surface area (Å²) in [7, 11) is 1.89. The van der Waals surface area contributed by atoms with Crippen molar-refractivity contribution in [2.45, 2.75) is 59.2 Å². The van der Waals surface area contributed by atoms with E-state index in [1.807, 2.05) is 30.7 Å². The zero-order valence-electron chi connectivity index (χ0n) is 18.5. The molecule has 2 rings (SSSR count). The highest BCUT2D eigenvalue weighted by Gasteiger charge is 2.28. The molecule has 1 nitrogen and oxygen atoms in total. The van der Waals surface area contributed by atoms with Gasteiger partial charge in [0, 0.05) is 21.8 Å². The number of hydrogen-bond acceptors (Lipinski definition) is 0. The predicted molar refractivity (Wildman–Crippen MR) is 95.1 cm³/mol. The summed E-state index contributed by atoms with van der Waals surface area (Å²) in [6.07, 6.45) is 3.56. The second-order valence-corrected chi connectivity index (χ2v) is 6.19. The summed E-state index contributed by atoms with van der Waals surface area (Å²) in [5, 5.41) is 0. The van der Waals surface area contributed by atoms with E-state index in [9.17, 15) is 0 Å². The minimum atomic E-state index is -2.10. The van der Waals surface area contributed by atoms with Crippen LogP contribution in [0.5, 0.6) is 0 Å². The van der Waals surface area contributed by atoms with Crippen LogP contribution in [0.25, 0.3) is 11.3 Å². The Balaban J connectivity index is 2.68. The van der Waals surface area contributed by atoms with Crippen molar-refractivity contribution in [3.8, 4) is 11.3 Å². The van der Waals surface area contributed by atoms with Gasteiger partial charge in [0.2, 0.25) is 5.69 Å². The van der Waals surface area contributed by atoms with Crippen LogP contribution in [0.2, 0.25) is 0 Å². The number of aryl methyl sites for hydroxylation is 2. The number of nitrogens with zero attached hydrogens (tertiary/aromatic N) is 1. The Morgan fingerprint density at radius 3 is 2.32 bits per heavy atom. The smallest absolute Gasteiger partial charge is 0.201 e. The van der Waals surface area contributed by atoms with Crippen LogP contribution in [0.1, 0.15) is 62.2 Å². The summed E-state index contributed by atoms with van der Waals surface area (Å²) in [6, 6.07) is 9.46. The number of pyridine rings is 1. The SMILES string of the molecule is [2H]c1cc(C(CC)(CC)CC)cc(-c2ccc(C([2H])([2H])[2H])cc2C)[n+]1C. The first kappa shape index (κ1) is 11.9. The first-order valence-corrected chi connectivity index (χ1v) is 8.22. The monoisotopic (exact) mass is 300 g/mol. The third-order valence-electron chi connectivity index (χ3n) is 5.21. The molecule has 0 saturated heterocycles. The Morgan fingerprint density at radius 1 is 1.09 bits per heavy atom. The van der Waals surface area contributed by atoms with E-state index in [0.717, 1.165) is 36.1 Å². The molecule has 118 valence electrons. The first-order chi connectivity index (χ1) is 12.1. The second kappa shape index (κ2) is 6.64. The highest BCUT2D eigenvalue weighted by molar-refractivity contribution is 5.62. The van der Waals surface area contributed by atoms with Gasteiger partial charge in [0.15, 0.2) is 6.17 Å². The molecule has 1 aromatic carbocycles. The fourth-order valence-corrected chi connectivity index (χ4v) is 3.40. The third kappa shape index (κ3) is 2.95. The van der Waals surface area contributed by atoms with Crippen LogP contribution in [-0.4, -0.2) is 0 Å². The standard InChI is InChI=1S/C21H30N/c1-7-21(8-2,9-3)18-12-13-22(6)20(15-18)19-11-10-16(4)14-17(19)5/h10-15H,7-9H2,1-6H3/q+1/i4D3,13D. The number of rotatable bonds is 5. The Morgan fingerprint density at radius 2 is 1.77 bits per heavy atom. The van der Waals surface area contributed by atoms with Gasteiger partial charge in [-0.2, -0.15) is 0 Å². The van der Waals surface area contributed by atoms with E-state index in [4.69, 9.17) is 5.48 Å². The highest BCUT2D eigenvalue weighted by Crippen LogP contribution is 2.36. The summed E-state index contributed by atoms with van der Waals surface area (Å²) in [5.74, 6) is 0. The largest absolute Gasteiger partial charge is 0.212 e. The Labute approximate surface area is 141 Å². The van der Waals surface area contributed by atoms with Gasteiger partial charge >= 0.3 is 0 Å². The van der Waals surface area contributed by atoms with Crippen molar-refractivity contribution in [2.24, 2.45) is 7.05 Å². The molecular formula is C21H30N+. The van der Waals surface area contributed by atoms with Crippen LogP contribution in [0.15, 0.2) is 36.5 Å². The molecule has 0 radical (unpaired) electrons. The van der Waals surface area contributed by atoms with Gasteiger partial charge in [-0.1, -0.05) is 38.5 Å². The second-order valence-electron chi connectivity index (χ2n) is 6.19. The predicted octanol–water partition coefficient (Wildman–Crippen LogP) is 5.26. The van der Waals surface area contributed by atoms with Crippen LogP contribution >= 0.6 is 0 Å². The molecule has 0 aliphatic carbocycles. The number of hydrogen-bond donors (Lipinski definition) is 0. The molecule has 1 heteroatoms. The molecule has 0 amide bonds. The van der Waals surface area contributed by atoms with Gasteiger partial charge in [0.25, 0.3) is 0 Å². The topological polar surface area (TPSA) is 3.88 Å². The summed E-state index contributed by atoms with van der Waals surface area (Å²) < 4.78 is 33.1. The van der Waals surface area contributed by atoms with E-state index in [0.29, 0.717) is 11.7 Å². The van der Waals surface area contributed by atoms with E-state index in [2.05, 4.69) is 26.8 Å². The van der Waals surface area contributed by atoms with Gasteiger partial charge in [-0.25, -0.2) is 4.57 Å². The van der Waals surface area contributed by atoms with Crippen LogP contribution in [0, 0.1) is 13.8 Å². The number of benzene rings is 1. The van der Waals surface area contributed by atoms with E-state index in [1.54, 1.807) is 12.1 Å². The maximum Gasteiger partial charge on any atom is 0.212 e. The zero-order valence-corrected chi connectivity index (χ0v) is 14.5. The molecule has 0 spiro atoms. The summed E-state index contributed by atoms with van der Waals surface area (Å²) in [5.41, 5.74) is 4.48. The first-order valence-electron chi connectivity index (χ1n) is 10.2. The van der Waals surface area contributed by atoms with E-state index in [1.165, 1.54) is 5.56 Å². The maximum absolute atomic E-state index is 8.44. The summed E-state index contributed by atoms with van der Waals surface area (Å²) in [6.45, 7) is 6.46. The Hall–Kier alpha value is -1.63. The van der Waals surface area contributed by atoms with Crippen molar-refractivity contribution in [1.82, 2.24) is 0 Å². The molecule has 0 bridgehead atoms. The van der Waals surface area contributed by atoms with Crippen LogP contribution < -0.4 is 4.57 Å². The lowest BCUT2D eigenvalue weighted by Gasteiger charge is -2.31. The molecule has 0 atom stereocenters. The average molecular weight is 301 g/mol. The van der Waals surface area contributed by atoms with Gasteiger partial charge in [-0.15, -0.1) is 0 Å². The van der Waals surface area contributed by atoms with Crippen molar-refractivity contribution in [3.63, 3.8) is 0 Å². The van der Waals surface area contributed by atoms with E-state index >= 15 is 0 Å². The fourth-order valence-electron chi connectivity index (χ4n) is 3.40. The van der Waals surface area contributed by atoms with Crippen LogP contribution in [-0.2, 0) is 12.5 Å². The van der Waals surface area contributed by atoms with Gasteiger partial charge in [0.1, 0.15) is 8.42 Å². The van der Waals surface area contributed by atoms with Crippen molar-refractivity contribution < 1.29 is 10.1 Å². The molecule has 0 saturated carbocycles. The van der Waals surface area contributed by atoms with Crippen molar-refractivity contribution in [3.05, 3.63) is 53.2 Å². The van der Waals surface area contributed by atoms with Gasteiger partial charge < -0.3 is 0 Å². The molecule has 2 aromatic rings. The Kier molecular flexibility index (Phi) is 3.59. The molecule has 0 aliphatic heterocycles. The van der Waals surface area contributed by atoms with Crippen molar-refractivity contribution >= 4 is 0 Å². The minimum Gasteiger partial charge on any atom is -0.201 e. The summed E-state index contributed by atoms with van der Waals surface area (Å²) >= 11 is 0. The lowest BCUT2D eigenvalue weighted by atomic mass is 9.74. The molecule has 1 aromatic heterocycles.